The lowest BCUT2D eigenvalue weighted by atomic mass is 9.96. The smallest absolute Gasteiger partial charge is 0.314 e. The maximum atomic E-state index is 11.9. The molecule has 4 nitrogen and oxygen atoms in total. The summed E-state index contributed by atoms with van der Waals surface area (Å²) in [5, 5.41) is 15.7. The van der Waals surface area contributed by atoms with Gasteiger partial charge in [-0.3, -0.25) is 0 Å². The Morgan fingerprint density at radius 3 is 2.57 bits per heavy atom. The third-order valence-electron chi connectivity index (χ3n) is 3.91. The zero-order valence-corrected chi connectivity index (χ0v) is 13.5. The van der Waals surface area contributed by atoms with Crippen molar-refractivity contribution >= 4 is 17.8 Å². The Kier molecular flexibility index (Phi) is 5.17. The fourth-order valence-electron chi connectivity index (χ4n) is 2.45. The monoisotopic (exact) mass is 308 g/mol. The molecule has 0 saturated heterocycles. The van der Waals surface area contributed by atoms with Crippen LogP contribution in [0.5, 0.6) is 0 Å². The van der Waals surface area contributed by atoms with Crippen LogP contribution in [0.25, 0.3) is 0 Å². The number of hydrogen-bond donors (Lipinski definition) is 3. The van der Waals surface area contributed by atoms with Gasteiger partial charge in [-0.05, 0) is 31.6 Å². The summed E-state index contributed by atoms with van der Waals surface area (Å²) in [6.45, 7) is 2.64. The van der Waals surface area contributed by atoms with Gasteiger partial charge in [0.25, 0.3) is 0 Å². The first-order chi connectivity index (χ1) is 9.97. The molecule has 0 spiro atoms. The van der Waals surface area contributed by atoms with Gasteiger partial charge >= 0.3 is 6.03 Å². The standard InChI is InChI=1S/C16H24N2O2S/c1-15(20,12-21-2)10-17-14(19)18-11-16(8-9-16)13-6-4-3-5-7-13/h3-7,20H,8-12H2,1-2H3,(H2,17,18,19). The molecular formula is C16H24N2O2S. The fourth-order valence-corrected chi connectivity index (χ4v) is 3.18. The Balaban J connectivity index is 1.77. The van der Waals surface area contributed by atoms with Crippen molar-refractivity contribution in [3.8, 4) is 0 Å². The van der Waals surface area contributed by atoms with Crippen molar-refractivity contribution in [2.75, 3.05) is 25.1 Å². The number of carbonyl (C=O) groups excluding carboxylic acids is 1. The second kappa shape index (κ2) is 6.71. The van der Waals surface area contributed by atoms with Crippen molar-refractivity contribution < 1.29 is 9.90 Å². The number of urea groups is 1. The number of rotatable bonds is 7. The largest absolute Gasteiger partial charge is 0.387 e. The maximum Gasteiger partial charge on any atom is 0.314 e. The van der Waals surface area contributed by atoms with Crippen LogP contribution in [0.15, 0.2) is 30.3 Å². The Bertz CT molecular complexity index is 472. The van der Waals surface area contributed by atoms with Gasteiger partial charge in [-0.25, -0.2) is 4.79 Å². The van der Waals surface area contributed by atoms with E-state index in [4.69, 9.17) is 0 Å². The molecule has 0 heterocycles. The number of benzene rings is 1. The van der Waals surface area contributed by atoms with E-state index in [2.05, 4.69) is 22.8 Å². The minimum atomic E-state index is -0.868. The molecule has 21 heavy (non-hydrogen) atoms. The molecule has 2 amide bonds. The summed E-state index contributed by atoms with van der Waals surface area (Å²) in [6.07, 6.45) is 4.16. The summed E-state index contributed by atoms with van der Waals surface area (Å²) in [6, 6.07) is 10.1. The molecule has 1 aromatic rings. The quantitative estimate of drug-likeness (QED) is 0.723. The van der Waals surface area contributed by atoms with Crippen molar-refractivity contribution in [1.29, 1.82) is 0 Å². The highest BCUT2D eigenvalue weighted by Crippen LogP contribution is 2.47. The van der Waals surface area contributed by atoms with E-state index in [0.717, 1.165) is 12.8 Å². The topological polar surface area (TPSA) is 61.4 Å². The lowest BCUT2D eigenvalue weighted by Crippen LogP contribution is -2.47. The molecule has 116 valence electrons. The van der Waals surface area contributed by atoms with Crippen molar-refractivity contribution in [2.24, 2.45) is 0 Å². The number of nitrogens with one attached hydrogen (secondary N) is 2. The van der Waals surface area contributed by atoms with Crippen LogP contribution in [-0.4, -0.2) is 41.8 Å². The van der Waals surface area contributed by atoms with Gasteiger partial charge in [-0.15, -0.1) is 0 Å². The minimum Gasteiger partial charge on any atom is -0.387 e. The predicted molar refractivity (Wildman–Crippen MR) is 87.8 cm³/mol. The molecule has 1 fully saturated rings. The molecule has 0 aliphatic heterocycles. The molecule has 0 bridgehead atoms. The van der Waals surface area contributed by atoms with E-state index < -0.39 is 5.60 Å². The van der Waals surface area contributed by atoms with Crippen molar-refractivity contribution in [2.45, 2.75) is 30.8 Å². The highest BCUT2D eigenvalue weighted by Gasteiger charge is 2.44. The zero-order chi connectivity index (χ0) is 15.3. The van der Waals surface area contributed by atoms with E-state index in [1.807, 2.05) is 24.5 Å². The van der Waals surface area contributed by atoms with Gasteiger partial charge in [0.2, 0.25) is 0 Å². The van der Waals surface area contributed by atoms with Gasteiger partial charge in [-0.1, -0.05) is 30.3 Å². The molecule has 1 aliphatic rings. The molecule has 1 unspecified atom stereocenters. The second-order valence-corrected chi connectivity index (χ2v) is 6.98. The van der Waals surface area contributed by atoms with Gasteiger partial charge < -0.3 is 15.7 Å². The number of carbonyl (C=O) groups is 1. The highest BCUT2D eigenvalue weighted by atomic mass is 32.2. The molecule has 1 aromatic carbocycles. The van der Waals surface area contributed by atoms with E-state index in [1.54, 1.807) is 18.7 Å². The second-order valence-electron chi connectivity index (χ2n) is 6.11. The van der Waals surface area contributed by atoms with Crippen LogP contribution < -0.4 is 10.6 Å². The van der Waals surface area contributed by atoms with E-state index >= 15 is 0 Å². The molecule has 0 aromatic heterocycles. The van der Waals surface area contributed by atoms with Crippen LogP contribution in [0.2, 0.25) is 0 Å². The average molecular weight is 308 g/mol. The van der Waals surface area contributed by atoms with Crippen molar-refractivity contribution in [1.82, 2.24) is 10.6 Å². The van der Waals surface area contributed by atoms with Gasteiger partial charge in [0.1, 0.15) is 0 Å². The van der Waals surface area contributed by atoms with E-state index in [-0.39, 0.29) is 18.0 Å². The first-order valence-corrected chi connectivity index (χ1v) is 8.65. The minimum absolute atomic E-state index is 0.111. The molecule has 1 aliphatic carbocycles. The van der Waals surface area contributed by atoms with Gasteiger partial charge in [-0.2, -0.15) is 11.8 Å². The molecular weight excluding hydrogens is 284 g/mol. The number of aliphatic hydroxyl groups is 1. The first kappa shape index (κ1) is 16.2. The number of thioether (sulfide) groups is 1. The van der Waals surface area contributed by atoms with Gasteiger partial charge in [0, 0.05) is 24.3 Å². The number of amides is 2. The van der Waals surface area contributed by atoms with E-state index in [0.29, 0.717) is 12.3 Å². The molecule has 2 rings (SSSR count). The van der Waals surface area contributed by atoms with Gasteiger partial charge in [0.15, 0.2) is 0 Å². The summed E-state index contributed by atoms with van der Waals surface area (Å²) in [4.78, 5) is 11.9. The average Bonchev–Trinajstić information content (AvgIpc) is 3.25. The van der Waals surface area contributed by atoms with Crippen LogP contribution >= 0.6 is 11.8 Å². The maximum absolute atomic E-state index is 11.9. The zero-order valence-electron chi connectivity index (χ0n) is 12.7. The Morgan fingerprint density at radius 1 is 1.33 bits per heavy atom. The molecule has 5 heteroatoms. The van der Waals surface area contributed by atoms with Crippen LogP contribution in [-0.2, 0) is 5.41 Å². The Hall–Kier alpha value is -1.20. The molecule has 1 saturated carbocycles. The lowest BCUT2D eigenvalue weighted by molar-refractivity contribution is 0.0869. The van der Waals surface area contributed by atoms with Crippen LogP contribution in [0.1, 0.15) is 25.3 Å². The molecule has 3 N–H and O–H groups in total. The molecule has 0 radical (unpaired) electrons. The van der Waals surface area contributed by atoms with Gasteiger partial charge in [0.05, 0.1) is 5.60 Å². The first-order valence-electron chi connectivity index (χ1n) is 7.26. The van der Waals surface area contributed by atoms with E-state index in [1.165, 1.54) is 5.56 Å². The molecule has 1 atom stereocenters. The highest BCUT2D eigenvalue weighted by molar-refractivity contribution is 7.98. The third-order valence-corrected chi connectivity index (χ3v) is 4.82. The summed E-state index contributed by atoms with van der Waals surface area (Å²) < 4.78 is 0. The fraction of sp³-hybridized carbons (Fsp3) is 0.562. The summed E-state index contributed by atoms with van der Waals surface area (Å²) >= 11 is 1.56. The predicted octanol–water partition coefficient (Wildman–Crippen LogP) is 2.13. The summed E-state index contributed by atoms with van der Waals surface area (Å²) in [5.41, 5.74) is 0.535. The summed E-state index contributed by atoms with van der Waals surface area (Å²) in [7, 11) is 0. The van der Waals surface area contributed by atoms with Crippen molar-refractivity contribution in [3.05, 3.63) is 35.9 Å². The van der Waals surface area contributed by atoms with Crippen LogP contribution in [0.4, 0.5) is 4.79 Å². The van der Waals surface area contributed by atoms with Crippen molar-refractivity contribution in [3.63, 3.8) is 0 Å². The SMILES string of the molecule is CSCC(C)(O)CNC(=O)NCC1(c2ccccc2)CC1. The number of hydrogen-bond acceptors (Lipinski definition) is 3. The Labute approximate surface area is 130 Å². The normalized spacial score (nSPS) is 18.6. The Morgan fingerprint density at radius 2 is 2.00 bits per heavy atom. The third kappa shape index (κ3) is 4.64. The van der Waals surface area contributed by atoms with Crippen LogP contribution in [0, 0.1) is 0 Å². The van der Waals surface area contributed by atoms with Crippen LogP contribution in [0.3, 0.4) is 0 Å². The summed E-state index contributed by atoms with van der Waals surface area (Å²) in [5.74, 6) is 0.598. The lowest BCUT2D eigenvalue weighted by Gasteiger charge is -2.23. The van der Waals surface area contributed by atoms with E-state index in [9.17, 15) is 9.90 Å².